The highest BCUT2D eigenvalue weighted by molar-refractivity contribution is 7.99. The fraction of sp³-hybridized carbons (Fsp3) is 0.600. The Labute approximate surface area is 120 Å². The van der Waals surface area contributed by atoms with Gasteiger partial charge in [0.25, 0.3) is 0 Å². The maximum atomic E-state index is 5.94. The molecule has 0 spiro atoms. The van der Waals surface area contributed by atoms with Crippen LogP contribution in [-0.4, -0.2) is 17.5 Å². The Balaban J connectivity index is 1.95. The summed E-state index contributed by atoms with van der Waals surface area (Å²) in [5.74, 6) is 0. The van der Waals surface area contributed by atoms with E-state index in [1.807, 2.05) is 23.9 Å². The van der Waals surface area contributed by atoms with Crippen molar-refractivity contribution in [2.24, 2.45) is 0 Å². The minimum atomic E-state index is 0.466. The highest BCUT2D eigenvalue weighted by Crippen LogP contribution is 2.30. The highest BCUT2D eigenvalue weighted by atomic mass is 35.5. The summed E-state index contributed by atoms with van der Waals surface area (Å²) in [6.45, 7) is 2.24. The molecule has 1 saturated carbocycles. The molecular formula is C15H22ClNS. The van der Waals surface area contributed by atoms with Gasteiger partial charge in [-0.25, -0.2) is 0 Å². The second-order valence-electron chi connectivity index (χ2n) is 5.05. The minimum Gasteiger partial charge on any atom is -0.307 e. The van der Waals surface area contributed by atoms with Crippen molar-refractivity contribution in [1.29, 1.82) is 0 Å². The molecule has 0 radical (unpaired) electrons. The lowest BCUT2D eigenvalue weighted by molar-refractivity contribution is 0.431. The van der Waals surface area contributed by atoms with Crippen LogP contribution in [0.15, 0.2) is 24.3 Å². The van der Waals surface area contributed by atoms with Crippen molar-refractivity contribution < 1.29 is 0 Å². The molecule has 0 amide bonds. The summed E-state index contributed by atoms with van der Waals surface area (Å²) in [7, 11) is 0. The molecule has 100 valence electrons. The molecule has 3 heteroatoms. The molecule has 2 rings (SSSR count). The molecule has 1 aliphatic carbocycles. The first-order chi connectivity index (χ1) is 8.72. The molecule has 0 aliphatic heterocycles. The van der Waals surface area contributed by atoms with E-state index in [-0.39, 0.29) is 0 Å². The molecule has 1 fully saturated rings. The summed E-state index contributed by atoms with van der Waals surface area (Å²) >= 11 is 7.96. The number of nitrogens with one attached hydrogen (secondary N) is 1. The smallest absolute Gasteiger partial charge is 0.0406 e. The molecule has 1 aliphatic rings. The molecule has 3 unspecified atom stereocenters. The van der Waals surface area contributed by atoms with Gasteiger partial charge in [0, 0.05) is 22.4 Å². The summed E-state index contributed by atoms with van der Waals surface area (Å²) in [5.41, 5.74) is 1.36. The number of hydrogen-bond acceptors (Lipinski definition) is 2. The molecule has 0 saturated heterocycles. The van der Waals surface area contributed by atoms with E-state index in [0.29, 0.717) is 12.1 Å². The van der Waals surface area contributed by atoms with Gasteiger partial charge in [0.1, 0.15) is 0 Å². The number of halogens is 1. The topological polar surface area (TPSA) is 12.0 Å². The predicted octanol–water partition coefficient (Wildman–Crippen LogP) is 4.66. The van der Waals surface area contributed by atoms with Crippen LogP contribution in [0.3, 0.4) is 0 Å². The zero-order chi connectivity index (χ0) is 13.0. The Morgan fingerprint density at radius 2 is 2.06 bits per heavy atom. The summed E-state index contributed by atoms with van der Waals surface area (Å²) in [5, 5.41) is 5.48. The highest BCUT2D eigenvalue weighted by Gasteiger charge is 2.25. The van der Waals surface area contributed by atoms with Crippen molar-refractivity contribution in [3.63, 3.8) is 0 Å². The largest absolute Gasteiger partial charge is 0.307 e. The van der Waals surface area contributed by atoms with E-state index in [4.69, 9.17) is 11.6 Å². The number of thioether (sulfide) groups is 1. The van der Waals surface area contributed by atoms with Gasteiger partial charge in [-0.05, 0) is 49.6 Å². The first-order valence-electron chi connectivity index (χ1n) is 6.77. The van der Waals surface area contributed by atoms with Crippen molar-refractivity contribution in [1.82, 2.24) is 5.32 Å². The van der Waals surface area contributed by atoms with E-state index in [9.17, 15) is 0 Å². The van der Waals surface area contributed by atoms with Gasteiger partial charge >= 0.3 is 0 Å². The van der Waals surface area contributed by atoms with E-state index in [1.165, 1.54) is 24.8 Å². The normalized spacial score (nSPS) is 25.3. The molecule has 0 bridgehead atoms. The Bertz CT molecular complexity index is 365. The maximum Gasteiger partial charge on any atom is 0.0406 e. The van der Waals surface area contributed by atoms with Crippen LogP contribution in [0.4, 0.5) is 0 Å². The minimum absolute atomic E-state index is 0.466. The van der Waals surface area contributed by atoms with E-state index in [0.717, 1.165) is 16.7 Å². The van der Waals surface area contributed by atoms with Crippen molar-refractivity contribution in [2.45, 2.75) is 49.9 Å². The van der Waals surface area contributed by atoms with Crippen LogP contribution >= 0.6 is 23.4 Å². The van der Waals surface area contributed by atoms with Crippen LogP contribution in [0.1, 0.15) is 44.2 Å². The third kappa shape index (κ3) is 3.66. The predicted molar refractivity (Wildman–Crippen MR) is 82.6 cm³/mol. The van der Waals surface area contributed by atoms with Crippen LogP contribution in [0, 0.1) is 0 Å². The van der Waals surface area contributed by atoms with Crippen LogP contribution in [-0.2, 0) is 0 Å². The molecule has 1 N–H and O–H groups in total. The maximum absolute atomic E-state index is 5.94. The molecule has 1 aromatic carbocycles. The van der Waals surface area contributed by atoms with E-state index in [1.54, 1.807) is 0 Å². The fourth-order valence-electron chi connectivity index (χ4n) is 2.73. The quantitative estimate of drug-likeness (QED) is 0.843. The third-order valence-corrected chi connectivity index (χ3v) is 5.18. The zero-order valence-electron chi connectivity index (χ0n) is 11.2. The second-order valence-corrected chi connectivity index (χ2v) is 6.62. The fourth-order valence-corrected chi connectivity index (χ4v) is 3.66. The standard InChI is InChI=1S/C15H22ClNS/c1-3-15(11-4-6-12(16)7-5-11)17-13-8-9-14(10-13)18-2/h4-7,13-15,17H,3,8-10H2,1-2H3. The van der Waals surface area contributed by atoms with Crippen LogP contribution < -0.4 is 5.32 Å². The summed E-state index contributed by atoms with van der Waals surface area (Å²) in [6.07, 6.45) is 7.34. The van der Waals surface area contributed by atoms with Crippen LogP contribution in [0.2, 0.25) is 5.02 Å². The number of hydrogen-bond donors (Lipinski definition) is 1. The average molecular weight is 284 g/mol. The first-order valence-corrected chi connectivity index (χ1v) is 8.43. The van der Waals surface area contributed by atoms with Gasteiger partial charge in [0.15, 0.2) is 0 Å². The van der Waals surface area contributed by atoms with Gasteiger partial charge in [-0.2, -0.15) is 11.8 Å². The molecule has 1 nitrogen and oxygen atoms in total. The first kappa shape index (κ1) is 14.2. The van der Waals surface area contributed by atoms with Gasteiger partial charge in [0.05, 0.1) is 0 Å². The summed E-state index contributed by atoms with van der Waals surface area (Å²) in [4.78, 5) is 0. The lowest BCUT2D eigenvalue weighted by atomic mass is 10.0. The summed E-state index contributed by atoms with van der Waals surface area (Å²) < 4.78 is 0. The van der Waals surface area contributed by atoms with Crippen LogP contribution in [0.25, 0.3) is 0 Å². The monoisotopic (exact) mass is 283 g/mol. The Morgan fingerprint density at radius 3 is 2.61 bits per heavy atom. The number of benzene rings is 1. The van der Waals surface area contributed by atoms with Gasteiger partial charge in [-0.15, -0.1) is 0 Å². The lowest BCUT2D eigenvalue weighted by Crippen LogP contribution is -2.30. The molecule has 3 atom stereocenters. The van der Waals surface area contributed by atoms with Gasteiger partial charge in [-0.3, -0.25) is 0 Å². The number of rotatable bonds is 5. The Kier molecular flexibility index (Phi) is 5.40. The zero-order valence-corrected chi connectivity index (χ0v) is 12.7. The van der Waals surface area contributed by atoms with E-state index >= 15 is 0 Å². The van der Waals surface area contributed by atoms with Gasteiger partial charge in [-0.1, -0.05) is 30.7 Å². The van der Waals surface area contributed by atoms with E-state index < -0.39 is 0 Å². The van der Waals surface area contributed by atoms with Crippen molar-refractivity contribution in [2.75, 3.05) is 6.26 Å². The molecule has 18 heavy (non-hydrogen) atoms. The molecular weight excluding hydrogens is 262 g/mol. The third-order valence-electron chi connectivity index (χ3n) is 3.84. The molecule has 0 heterocycles. The van der Waals surface area contributed by atoms with Crippen LogP contribution in [0.5, 0.6) is 0 Å². The Morgan fingerprint density at radius 1 is 1.33 bits per heavy atom. The molecule has 1 aromatic rings. The second kappa shape index (κ2) is 6.83. The Hall–Kier alpha value is -0.180. The van der Waals surface area contributed by atoms with Crippen molar-refractivity contribution in [3.05, 3.63) is 34.9 Å². The van der Waals surface area contributed by atoms with Crippen molar-refractivity contribution in [3.8, 4) is 0 Å². The SMILES string of the molecule is CCC(NC1CCC(SC)C1)c1ccc(Cl)cc1. The van der Waals surface area contributed by atoms with Gasteiger partial charge in [0.2, 0.25) is 0 Å². The average Bonchev–Trinajstić information content (AvgIpc) is 2.85. The van der Waals surface area contributed by atoms with Gasteiger partial charge < -0.3 is 5.32 Å². The lowest BCUT2D eigenvalue weighted by Gasteiger charge is -2.22. The van der Waals surface area contributed by atoms with Crippen molar-refractivity contribution >= 4 is 23.4 Å². The molecule has 0 aromatic heterocycles. The summed E-state index contributed by atoms with van der Waals surface area (Å²) in [6, 6.07) is 9.41. The van der Waals surface area contributed by atoms with E-state index in [2.05, 4.69) is 30.6 Å².